The number of nitrogens with zero attached hydrogens (tertiary/aromatic N) is 2. The van der Waals surface area contributed by atoms with Gasteiger partial charge in [-0.25, -0.2) is 0 Å². The Bertz CT molecular complexity index is 362. The third-order valence-electron chi connectivity index (χ3n) is 3.83. The molecule has 4 heteroatoms. The Morgan fingerprint density at radius 2 is 2.22 bits per heavy atom. The molecule has 1 fully saturated rings. The molecule has 2 atom stereocenters. The largest absolute Gasteiger partial charge is 0.338 e. The first kappa shape index (κ1) is 13.4. The van der Waals surface area contributed by atoms with Gasteiger partial charge in [-0.05, 0) is 24.7 Å². The summed E-state index contributed by atoms with van der Waals surface area (Å²) in [6.45, 7) is 7.48. The second-order valence-corrected chi connectivity index (χ2v) is 5.87. The van der Waals surface area contributed by atoms with Gasteiger partial charge in [0.05, 0.1) is 0 Å². The predicted molar refractivity (Wildman–Crippen MR) is 72.6 cm³/mol. The van der Waals surface area contributed by atoms with Crippen molar-refractivity contribution >= 4 is 6.01 Å². The minimum Gasteiger partial charge on any atom is -0.338 e. The lowest BCUT2D eigenvalue weighted by atomic mass is 9.80. The molecule has 1 saturated carbocycles. The first-order chi connectivity index (χ1) is 8.69. The summed E-state index contributed by atoms with van der Waals surface area (Å²) in [5, 5.41) is 7.33. The minimum atomic E-state index is 0.502. The number of hydrogen-bond donors (Lipinski definition) is 1. The van der Waals surface area contributed by atoms with E-state index in [4.69, 9.17) is 4.52 Å². The summed E-state index contributed by atoms with van der Waals surface area (Å²) in [6.07, 6.45) is 6.36. The molecule has 0 aliphatic heterocycles. The number of anilines is 1. The van der Waals surface area contributed by atoms with Gasteiger partial charge in [0, 0.05) is 12.5 Å². The van der Waals surface area contributed by atoms with E-state index in [1.165, 1.54) is 32.1 Å². The maximum atomic E-state index is 5.26. The molecule has 1 aliphatic rings. The van der Waals surface area contributed by atoms with Crippen molar-refractivity contribution in [2.24, 2.45) is 11.8 Å². The van der Waals surface area contributed by atoms with Gasteiger partial charge in [0.2, 0.25) is 0 Å². The molecule has 0 spiro atoms. The van der Waals surface area contributed by atoms with E-state index in [0.717, 1.165) is 18.3 Å². The molecule has 1 heterocycles. The third kappa shape index (κ3) is 3.47. The van der Waals surface area contributed by atoms with Crippen LogP contribution in [-0.4, -0.2) is 16.7 Å². The summed E-state index contributed by atoms with van der Waals surface area (Å²) in [5.41, 5.74) is 0. The van der Waals surface area contributed by atoms with Crippen molar-refractivity contribution in [3.05, 3.63) is 5.82 Å². The van der Waals surface area contributed by atoms with E-state index in [1.54, 1.807) is 0 Å². The molecule has 18 heavy (non-hydrogen) atoms. The maximum Gasteiger partial charge on any atom is 0.321 e. The van der Waals surface area contributed by atoms with Gasteiger partial charge in [-0.2, -0.15) is 4.98 Å². The Balaban J connectivity index is 1.92. The highest BCUT2D eigenvalue weighted by molar-refractivity contribution is 5.19. The van der Waals surface area contributed by atoms with Crippen LogP contribution in [0.15, 0.2) is 4.52 Å². The van der Waals surface area contributed by atoms with E-state index in [2.05, 4.69) is 36.2 Å². The molecule has 1 aromatic heterocycles. The highest BCUT2D eigenvalue weighted by Gasteiger charge is 2.25. The van der Waals surface area contributed by atoms with Gasteiger partial charge >= 0.3 is 6.01 Å². The molecule has 1 aliphatic carbocycles. The number of hydrogen-bond acceptors (Lipinski definition) is 4. The van der Waals surface area contributed by atoms with Gasteiger partial charge in [0.1, 0.15) is 0 Å². The second kappa shape index (κ2) is 6.21. The SMILES string of the molecule is CCC1CCCC(c2noc(NCC(C)C)n2)C1. The van der Waals surface area contributed by atoms with Crippen molar-refractivity contribution in [1.29, 1.82) is 0 Å². The summed E-state index contributed by atoms with van der Waals surface area (Å²) in [7, 11) is 0. The zero-order chi connectivity index (χ0) is 13.0. The molecule has 1 N–H and O–H groups in total. The van der Waals surface area contributed by atoms with Crippen molar-refractivity contribution in [2.45, 2.75) is 58.8 Å². The Morgan fingerprint density at radius 3 is 2.94 bits per heavy atom. The first-order valence-corrected chi connectivity index (χ1v) is 7.26. The molecule has 2 rings (SSSR count). The Hall–Kier alpha value is -1.06. The van der Waals surface area contributed by atoms with Crippen molar-refractivity contribution in [2.75, 3.05) is 11.9 Å². The van der Waals surface area contributed by atoms with Gasteiger partial charge in [0.15, 0.2) is 5.82 Å². The number of nitrogens with one attached hydrogen (secondary N) is 1. The van der Waals surface area contributed by atoms with Crippen LogP contribution < -0.4 is 5.32 Å². The molecule has 0 saturated heterocycles. The Morgan fingerprint density at radius 1 is 1.39 bits per heavy atom. The van der Waals surface area contributed by atoms with Crippen LogP contribution in [0.1, 0.15) is 64.6 Å². The van der Waals surface area contributed by atoms with E-state index >= 15 is 0 Å². The standard InChI is InChI=1S/C14H25N3O/c1-4-11-6-5-7-12(8-11)13-16-14(18-17-13)15-9-10(2)3/h10-12H,4-9H2,1-3H3,(H,15,16,17). The van der Waals surface area contributed by atoms with Crippen molar-refractivity contribution in [3.63, 3.8) is 0 Å². The Kier molecular flexibility index (Phi) is 4.61. The van der Waals surface area contributed by atoms with E-state index in [-0.39, 0.29) is 0 Å². The predicted octanol–water partition coefficient (Wildman–Crippen LogP) is 3.82. The molecule has 102 valence electrons. The fourth-order valence-electron chi connectivity index (χ4n) is 2.66. The topological polar surface area (TPSA) is 51.0 Å². The van der Waals surface area contributed by atoms with Gasteiger partial charge in [-0.15, -0.1) is 0 Å². The number of aromatic nitrogens is 2. The van der Waals surface area contributed by atoms with Crippen LogP contribution in [0.3, 0.4) is 0 Å². The fourth-order valence-corrected chi connectivity index (χ4v) is 2.66. The fraction of sp³-hybridized carbons (Fsp3) is 0.857. The average molecular weight is 251 g/mol. The lowest BCUT2D eigenvalue weighted by Crippen LogP contribution is -2.14. The lowest BCUT2D eigenvalue weighted by Gasteiger charge is -2.26. The van der Waals surface area contributed by atoms with Gasteiger partial charge in [0.25, 0.3) is 0 Å². The molecule has 0 aromatic carbocycles. The molecule has 4 nitrogen and oxygen atoms in total. The summed E-state index contributed by atoms with van der Waals surface area (Å²) in [6, 6.07) is 0.581. The van der Waals surface area contributed by atoms with E-state index in [9.17, 15) is 0 Å². The van der Waals surface area contributed by atoms with Crippen LogP contribution in [0.2, 0.25) is 0 Å². The van der Waals surface area contributed by atoms with Crippen LogP contribution in [0, 0.1) is 11.8 Å². The highest BCUT2D eigenvalue weighted by atomic mass is 16.5. The highest BCUT2D eigenvalue weighted by Crippen LogP contribution is 2.36. The molecule has 1 aromatic rings. The van der Waals surface area contributed by atoms with Crippen LogP contribution in [0.5, 0.6) is 0 Å². The maximum absolute atomic E-state index is 5.26. The van der Waals surface area contributed by atoms with E-state index in [0.29, 0.717) is 17.9 Å². The monoisotopic (exact) mass is 251 g/mol. The van der Waals surface area contributed by atoms with Crippen LogP contribution in [0.25, 0.3) is 0 Å². The smallest absolute Gasteiger partial charge is 0.321 e. The molecule has 2 unspecified atom stereocenters. The quantitative estimate of drug-likeness (QED) is 0.864. The number of rotatable bonds is 5. The summed E-state index contributed by atoms with van der Waals surface area (Å²) < 4.78 is 5.26. The second-order valence-electron chi connectivity index (χ2n) is 5.87. The molecule has 0 amide bonds. The van der Waals surface area contributed by atoms with Crippen molar-refractivity contribution in [3.8, 4) is 0 Å². The van der Waals surface area contributed by atoms with Gasteiger partial charge in [-0.3, -0.25) is 0 Å². The Labute approximate surface area is 110 Å². The minimum absolute atomic E-state index is 0.502. The van der Waals surface area contributed by atoms with Crippen LogP contribution >= 0.6 is 0 Å². The van der Waals surface area contributed by atoms with E-state index < -0.39 is 0 Å². The van der Waals surface area contributed by atoms with Crippen LogP contribution in [0.4, 0.5) is 6.01 Å². The van der Waals surface area contributed by atoms with Gasteiger partial charge in [-0.1, -0.05) is 45.2 Å². The summed E-state index contributed by atoms with van der Waals surface area (Å²) in [5.74, 6) is 2.83. The normalized spacial score (nSPS) is 24.4. The van der Waals surface area contributed by atoms with Gasteiger partial charge < -0.3 is 9.84 Å². The third-order valence-corrected chi connectivity index (χ3v) is 3.83. The lowest BCUT2D eigenvalue weighted by molar-refractivity contribution is 0.300. The van der Waals surface area contributed by atoms with Crippen molar-refractivity contribution < 1.29 is 4.52 Å². The van der Waals surface area contributed by atoms with Crippen LogP contribution in [-0.2, 0) is 0 Å². The molecule has 0 bridgehead atoms. The molecular formula is C14H25N3O. The average Bonchev–Trinajstić information content (AvgIpc) is 2.85. The summed E-state index contributed by atoms with van der Waals surface area (Å²) >= 11 is 0. The van der Waals surface area contributed by atoms with Crippen molar-refractivity contribution in [1.82, 2.24) is 10.1 Å². The molecule has 0 radical (unpaired) electrons. The first-order valence-electron chi connectivity index (χ1n) is 7.26. The zero-order valence-electron chi connectivity index (χ0n) is 11.8. The zero-order valence-corrected chi connectivity index (χ0v) is 11.8. The molecular weight excluding hydrogens is 226 g/mol. The van der Waals surface area contributed by atoms with E-state index in [1.807, 2.05) is 0 Å². The summed E-state index contributed by atoms with van der Waals surface area (Å²) in [4.78, 5) is 4.49.